The number of halogens is 1. The molecule has 29 heavy (non-hydrogen) atoms. The Balaban J connectivity index is 1.86. The van der Waals surface area contributed by atoms with E-state index >= 15 is 0 Å². The van der Waals surface area contributed by atoms with Crippen molar-refractivity contribution in [2.45, 2.75) is 31.7 Å². The van der Waals surface area contributed by atoms with Crippen LogP contribution in [-0.4, -0.2) is 40.3 Å². The van der Waals surface area contributed by atoms with Crippen molar-refractivity contribution in [3.8, 4) is 0 Å². The first-order chi connectivity index (χ1) is 13.9. The Bertz CT molecular complexity index is 1140. The molecule has 2 aromatic rings. The van der Waals surface area contributed by atoms with Crippen molar-refractivity contribution >= 4 is 22.8 Å². The molecule has 3 heterocycles. The molecule has 0 bridgehead atoms. The van der Waals surface area contributed by atoms with E-state index in [1.807, 2.05) is 0 Å². The van der Waals surface area contributed by atoms with Gasteiger partial charge in [0.05, 0.1) is 12.0 Å². The number of rotatable bonds is 4. The number of anilines is 1. The molecule has 2 aromatic heterocycles. The lowest BCUT2D eigenvalue weighted by Gasteiger charge is -2.31. The molecule has 1 aliphatic heterocycles. The molecule has 0 radical (unpaired) electrons. The molecule has 1 saturated carbocycles. The highest BCUT2D eigenvalue weighted by Gasteiger charge is 2.29. The first kappa shape index (κ1) is 19.1. The van der Waals surface area contributed by atoms with Gasteiger partial charge in [0.2, 0.25) is 5.43 Å². The second-order valence-corrected chi connectivity index (χ2v) is 7.37. The number of carbonyl (C=O) groups is 1. The number of carboxylic acids is 1. The molecule has 8 nitrogen and oxygen atoms in total. The summed E-state index contributed by atoms with van der Waals surface area (Å²) in [7, 11) is 0. The first-order valence-electron chi connectivity index (χ1n) is 9.46. The van der Waals surface area contributed by atoms with Crippen LogP contribution < -0.4 is 16.1 Å². The quantitative estimate of drug-likeness (QED) is 0.767. The van der Waals surface area contributed by atoms with Crippen LogP contribution in [0.3, 0.4) is 0 Å². The number of fused-ring (bicyclic) bond motifs is 1. The maximum Gasteiger partial charge on any atom is 0.341 e. The van der Waals surface area contributed by atoms with E-state index in [2.05, 4.69) is 9.83 Å². The monoisotopic (exact) mass is 397 g/mol. The highest BCUT2D eigenvalue weighted by molar-refractivity contribution is 5.92. The standard InChI is InChI=1S/C20H20FN5O3/c1-23-16(8-22)11-3-2-6-25(9-11)19-15(21)7-13-17(27)14(20(28)29)10-26(12-4-5-12)18(13)24-19/h7,10,12H,2-6,8-9,22H2,(H,28,29). The van der Waals surface area contributed by atoms with Gasteiger partial charge in [-0.15, -0.1) is 0 Å². The number of carboxylic acid groups (broad SMARTS) is 1. The Hall–Kier alpha value is -3.25. The minimum atomic E-state index is -1.34. The fraction of sp³-hybridized carbons (Fsp3) is 0.400. The van der Waals surface area contributed by atoms with Gasteiger partial charge in [-0.05, 0) is 37.3 Å². The Morgan fingerprint density at radius 1 is 1.45 bits per heavy atom. The lowest BCUT2D eigenvalue weighted by Crippen LogP contribution is -2.34. The van der Waals surface area contributed by atoms with Crippen LogP contribution in [0.15, 0.2) is 28.3 Å². The van der Waals surface area contributed by atoms with Gasteiger partial charge in [0.25, 0.3) is 0 Å². The number of aromatic carboxylic acids is 1. The third-order valence-electron chi connectivity index (χ3n) is 5.43. The highest BCUT2D eigenvalue weighted by Crippen LogP contribution is 2.37. The molecule has 0 aromatic carbocycles. The van der Waals surface area contributed by atoms with Crippen molar-refractivity contribution in [2.24, 2.45) is 5.73 Å². The highest BCUT2D eigenvalue weighted by atomic mass is 19.1. The predicted octanol–water partition coefficient (Wildman–Crippen LogP) is 2.30. The molecule has 4 rings (SSSR count). The minimum absolute atomic E-state index is 0.0327. The van der Waals surface area contributed by atoms with Crippen LogP contribution in [0.25, 0.3) is 15.9 Å². The summed E-state index contributed by atoms with van der Waals surface area (Å²) < 4.78 is 16.6. The topological polar surface area (TPSA) is 106 Å². The van der Waals surface area contributed by atoms with Gasteiger partial charge in [-0.1, -0.05) is 0 Å². The van der Waals surface area contributed by atoms with E-state index in [9.17, 15) is 19.1 Å². The predicted molar refractivity (Wildman–Crippen MR) is 105 cm³/mol. The lowest BCUT2D eigenvalue weighted by molar-refractivity contribution is 0.0695. The SMILES string of the molecule is [C-]#[N+]C(CN)=C1CCCN(c2nc3c(cc2F)c(=O)c(C(=O)O)cn3C2CC2)C1. The smallest absolute Gasteiger partial charge is 0.341 e. The third kappa shape index (κ3) is 3.36. The lowest BCUT2D eigenvalue weighted by atomic mass is 10.0. The zero-order valence-corrected chi connectivity index (χ0v) is 15.7. The summed E-state index contributed by atoms with van der Waals surface area (Å²) in [6.45, 7) is 8.33. The van der Waals surface area contributed by atoms with Crippen molar-refractivity contribution in [1.82, 2.24) is 9.55 Å². The van der Waals surface area contributed by atoms with Crippen LogP contribution in [-0.2, 0) is 0 Å². The molecule has 150 valence electrons. The number of nitrogens with zero attached hydrogens (tertiary/aromatic N) is 4. The van der Waals surface area contributed by atoms with Crippen molar-refractivity contribution in [2.75, 3.05) is 24.5 Å². The molecular formula is C20H20FN5O3. The Labute approximate surface area is 165 Å². The van der Waals surface area contributed by atoms with E-state index in [0.717, 1.165) is 37.3 Å². The van der Waals surface area contributed by atoms with E-state index in [1.54, 1.807) is 9.47 Å². The van der Waals surface area contributed by atoms with Crippen molar-refractivity contribution in [3.05, 3.63) is 56.6 Å². The fourth-order valence-electron chi connectivity index (χ4n) is 3.80. The van der Waals surface area contributed by atoms with Crippen molar-refractivity contribution < 1.29 is 14.3 Å². The van der Waals surface area contributed by atoms with Gasteiger partial charge >= 0.3 is 5.97 Å². The molecule has 0 amide bonds. The van der Waals surface area contributed by atoms with Gasteiger partial charge in [-0.2, -0.15) is 0 Å². The molecule has 1 aliphatic carbocycles. The van der Waals surface area contributed by atoms with Crippen molar-refractivity contribution in [1.29, 1.82) is 0 Å². The fourth-order valence-corrected chi connectivity index (χ4v) is 3.80. The van der Waals surface area contributed by atoms with Crippen LogP contribution in [0, 0.1) is 12.4 Å². The summed E-state index contributed by atoms with van der Waals surface area (Å²) in [6.07, 6.45) is 4.49. The van der Waals surface area contributed by atoms with Gasteiger partial charge in [-0.3, -0.25) is 4.79 Å². The number of hydrogen-bond donors (Lipinski definition) is 2. The normalized spacial score (nSPS) is 18.6. The molecule has 0 spiro atoms. The van der Waals surface area contributed by atoms with E-state index in [4.69, 9.17) is 12.3 Å². The molecule has 3 N–H and O–H groups in total. The zero-order chi connectivity index (χ0) is 20.7. The van der Waals surface area contributed by atoms with Gasteiger partial charge in [0.1, 0.15) is 11.2 Å². The number of nitrogens with two attached hydrogens (primary N) is 1. The number of pyridine rings is 2. The Morgan fingerprint density at radius 3 is 2.83 bits per heavy atom. The molecule has 0 atom stereocenters. The average molecular weight is 397 g/mol. The number of piperidine rings is 1. The molecular weight excluding hydrogens is 377 g/mol. The molecule has 1 saturated heterocycles. The molecule has 2 aliphatic rings. The summed E-state index contributed by atoms with van der Waals surface area (Å²) in [5, 5.41) is 9.30. The summed E-state index contributed by atoms with van der Waals surface area (Å²) in [4.78, 5) is 33.7. The second-order valence-electron chi connectivity index (χ2n) is 7.37. The molecule has 2 fully saturated rings. The first-order valence-corrected chi connectivity index (χ1v) is 9.46. The minimum Gasteiger partial charge on any atom is -0.477 e. The number of aromatic nitrogens is 2. The van der Waals surface area contributed by atoms with Crippen LogP contribution in [0.2, 0.25) is 0 Å². The Morgan fingerprint density at radius 2 is 2.21 bits per heavy atom. The number of hydrogen-bond acceptors (Lipinski definition) is 5. The summed E-state index contributed by atoms with van der Waals surface area (Å²) in [5.74, 6) is -1.92. The van der Waals surface area contributed by atoms with E-state index in [-0.39, 0.29) is 29.4 Å². The van der Waals surface area contributed by atoms with Gasteiger partial charge in [0.15, 0.2) is 17.3 Å². The maximum atomic E-state index is 15.0. The second kappa shape index (κ2) is 7.29. The van der Waals surface area contributed by atoms with E-state index < -0.39 is 17.2 Å². The van der Waals surface area contributed by atoms with E-state index in [0.29, 0.717) is 24.4 Å². The molecule has 9 heteroatoms. The van der Waals surface area contributed by atoms with Crippen LogP contribution in [0.4, 0.5) is 10.2 Å². The Kier molecular flexibility index (Phi) is 4.80. The zero-order valence-electron chi connectivity index (χ0n) is 15.7. The largest absolute Gasteiger partial charge is 0.477 e. The third-order valence-corrected chi connectivity index (χ3v) is 5.43. The molecule has 0 unspecified atom stereocenters. The van der Waals surface area contributed by atoms with E-state index in [1.165, 1.54) is 6.20 Å². The van der Waals surface area contributed by atoms with Gasteiger partial charge < -0.3 is 20.3 Å². The average Bonchev–Trinajstić information content (AvgIpc) is 3.54. The van der Waals surface area contributed by atoms with Crippen molar-refractivity contribution in [3.63, 3.8) is 0 Å². The summed E-state index contributed by atoms with van der Waals surface area (Å²) >= 11 is 0. The summed E-state index contributed by atoms with van der Waals surface area (Å²) in [5.41, 5.74) is 6.18. The summed E-state index contributed by atoms with van der Waals surface area (Å²) in [6, 6.07) is 1.15. The van der Waals surface area contributed by atoms with Crippen LogP contribution >= 0.6 is 0 Å². The van der Waals surface area contributed by atoms with Crippen LogP contribution in [0.1, 0.15) is 42.1 Å². The maximum absolute atomic E-state index is 15.0. The van der Waals surface area contributed by atoms with Gasteiger partial charge in [0, 0.05) is 31.9 Å². The van der Waals surface area contributed by atoms with Crippen LogP contribution in [0.5, 0.6) is 0 Å². The van der Waals surface area contributed by atoms with Gasteiger partial charge in [-0.25, -0.2) is 19.0 Å².